The predicted octanol–water partition coefficient (Wildman–Crippen LogP) is 5.25. The summed E-state index contributed by atoms with van der Waals surface area (Å²) in [7, 11) is -1.24. The second-order valence-corrected chi connectivity index (χ2v) is 10.1. The first-order valence-corrected chi connectivity index (χ1v) is 11.7. The Morgan fingerprint density at radius 3 is 2.81 bits per heavy atom. The number of hydrogen-bond donors (Lipinski definition) is 3. The molecule has 1 unspecified atom stereocenters. The van der Waals surface area contributed by atoms with Crippen LogP contribution in [0.2, 0.25) is 0 Å². The monoisotopic (exact) mass is 433 g/mol. The van der Waals surface area contributed by atoms with Gasteiger partial charge in [-0.25, -0.2) is 19.0 Å². The molecule has 0 saturated heterocycles. The van der Waals surface area contributed by atoms with Crippen molar-refractivity contribution in [3.05, 3.63) is 60.4 Å². The van der Waals surface area contributed by atoms with Crippen LogP contribution in [0.4, 0.5) is 11.6 Å². The van der Waals surface area contributed by atoms with E-state index in [4.69, 9.17) is 14.5 Å². The minimum absolute atomic E-state index is 0.0461. The second kappa shape index (κ2) is 7.39. The molecule has 8 heteroatoms. The number of H-pyrrole nitrogens is 1. The largest absolute Gasteiger partial charge is 0.495 e. The van der Waals surface area contributed by atoms with Crippen molar-refractivity contribution in [1.82, 2.24) is 15.0 Å². The molecule has 0 amide bonds. The first-order valence-electron chi connectivity index (χ1n) is 10.1. The highest BCUT2D eigenvalue weighted by molar-refractivity contribution is 7.93. The van der Waals surface area contributed by atoms with E-state index in [1.54, 1.807) is 31.5 Å². The number of hydrogen-bond acceptors (Lipinski definition) is 6. The van der Waals surface area contributed by atoms with Crippen LogP contribution in [0.25, 0.3) is 22.2 Å². The van der Waals surface area contributed by atoms with Gasteiger partial charge in [-0.3, -0.25) is 0 Å². The highest BCUT2D eigenvalue weighted by Crippen LogP contribution is 2.38. The number of benzene rings is 2. The number of nitrogens with one attached hydrogen (secondary N) is 3. The lowest BCUT2D eigenvalue weighted by Gasteiger charge is -2.14. The average Bonchev–Trinajstić information content (AvgIpc) is 3.56. The molecule has 0 radical (unpaired) electrons. The quantitative estimate of drug-likeness (QED) is 0.385. The number of ether oxygens (including phenoxy) is 1. The molecule has 0 aliphatic heterocycles. The van der Waals surface area contributed by atoms with Crippen molar-refractivity contribution >= 4 is 32.3 Å². The molecule has 2 aromatic heterocycles. The highest BCUT2D eigenvalue weighted by atomic mass is 32.2. The van der Waals surface area contributed by atoms with Gasteiger partial charge in [0.15, 0.2) is 0 Å². The van der Waals surface area contributed by atoms with Crippen LogP contribution in [0.1, 0.15) is 18.4 Å². The Morgan fingerprint density at radius 1 is 1.23 bits per heavy atom. The fourth-order valence-corrected chi connectivity index (χ4v) is 5.46. The van der Waals surface area contributed by atoms with Crippen LogP contribution in [0, 0.1) is 11.7 Å². The lowest BCUT2D eigenvalue weighted by atomic mass is 10.1. The van der Waals surface area contributed by atoms with Gasteiger partial charge in [0, 0.05) is 34.1 Å². The number of nitrogens with zero attached hydrogens (tertiary/aromatic N) is 2. The summed E-state index contributed by atoms with van der Waals surface area (Å²) < 4.78 is 26.5. The molecule has 2 heterocycles. The third kappa shape index (κ3) is 3.53. The summed E-state index contributed by atoms with van der Waals surface area (Å²) in [4.78, 5) is 13.0. The topological polar surface area (TPSA) is 104 Å². The zero-order valence-corrected chi connectivity index (χ0v) is 18.1. The van der Waals surface area contributed by atoms with Crippen LogP contribution < -0.4 is 10.1 Å². The molecule has 3 N–H and O–H groups in total. The van der Waals surface area contributed by atoms with E-state index in [0.717, 1.165) is 40.6 Å². The maximum absolute atomic E-state index is 12.8. The number of anilines is 2. The zero-order chi connectivity index (χ0) is 21.6. The van der Waals surface area contributed by atoms with E-state index in [0.29, 0.717) is 22.3 Å². The smallest absolute Gasteiger partial charge is 0.227 e. The maximum Gasteiger partial charge on any atom is 0.227 e. The third-order valence-electron chi connectivity index (χ3n) is 5.58. The van der Waals surface area contributed by atoms with Gasteiger partial charge in [0.1, 0.15) is 5.75 Å². The van der Waals surface area contributed by atoms with Crippen molar-refractivity contribution in [2.45, 2.75) is 29.9 Å². The van der Waals surface area contributed by atoms with Crippen molar-refractivity contribution in [2.75, 3.05) is 12.4 Å². The Labute approximate surface area is 180 Å². The second-order valence-electron chi connectivity index (χ2n) is 7.76. The Morgan fingerprint density at radius 2 is 2.03 bits per heavy atom. The number of rotatable bonds is 6. The fourth-order valence-electron chi connectivity index (χ4n) is 3.72. The van der Waals surface area contributed by atoms with E-state index < -0.39 is 9.73 Å². The van der Waals surface area contributed by atoms with Crippen LogP contribution in [-0.2, 0) is 9.73 Å². The molecular weight excluding hydrogens is 410 g/mol. The molecule has 1 aliphatic rings. The number of fused-ring (bicyclic) bond motifs is 1. The van der Waals surface area contributed by atoms with E-state index in [-0.39, 0.29) is 5.25 Å². The molecule has 158 valence electrons. The normalized spacial score (nSPS) is 15.5. The minimum Gasteiger partial charge on any atom is -0.495 e. The average molecular weight is 434 g/mol. The van der Waals surface area contributed by atoms with Gasteiger partial charge in [-0.1, -0.05) is 18.2 Å². The molecule has 1 fully saturated rings. The van der Waals surface area contributed by atoms with Gasteiger partial charge in [-0.05, 0) is 49.6 Å². The van der Waals surface area contributed by atoms with Crippen LogP contribution in [-0.4, -0.2) is 31.5 Å². The van der Waals surface area contributed by atoms with Crippen molar-refractivity contribution in [3.63, 3.8) is 0 Å². The minimum atomic E-state index is -2.79. The molecule has 7 nitrogen and oxygen atoms in total. The summed E-state index contributed by atoms with van der Waals surface area (Å²) >= 11 is 0. The lowest BCUT2D eigenvalue weighted by molar-refractivity contribution is 0.415. The van der Waals surface area contributed by atoms with Crippen LogP contribution in [0.3, 0.4) is 0 Å². The van der Waals surface area contributed by atoms with Gasteiger partial charge in [0.05, 0.1) is 33.1 Å². The fraction of sp³-hybridized carbons (Fsp3) is 0.217. The van der Waals surface area contributed by atoms with Crippen LogP contribution in [0.15, 0.2) is 59.8 Å². The molecular formula is C23H23N5O2S. The molecule has 0 bridgehead atoms. The first-order chi connectivity index (χ1) is 15.0. The number of aryl methyl sites for hydroxylation is 1. The molecule has 31 heavy (non-hydrogen) atoms. The van der Waals surface area contributed by atoms with Gasteiger partial charge < -0.3 is 15.0 Å². The molecule has 4 aromatic rings. The maximum atomic E-state index is 12.8. The number of aromatic nitrogens is 3. The van der Waals surface area contributed by atoms with Gasteiger partial charge >= 0.3 is 0 Å². The number of para-hydroxylation sites is 1. The number of aromatic amines is 1. The van der Waals surface area contributed by atoms with E-state index in [1.807, 2.05) is 31.3 Å². The molecule has 2 aromatic carbocycles. The summed E-state index contributed by atoms with van der Waals surface area (Å²) in [6.07, 6.45) is 5.44. The molecule has 1 saturated carbocycles. The van der Waals surface area contributed by atoms with Gasteiger partial charge in [-0.2, -0.15) is 0 Å². The van der Waals surface area contributed by atoms with Crippen molar-refractivity contribution in [1.29, 1.82) is 4.78 Å². The summed E-state index contributed by atoms with van der Waals surface area (Å²) in [6.45, 7) is 1.99. The lowest BCUT2D eigenvalue weighted by Crippen LogP contribution is -2.06. The zero-order valence-electron chi connectivity index (χ0n) is 17.3. The molecule has 5 rings (SSSR count). The Kier molecular flexibility index (Phi) is 4.66. The summed E-state index contributed by atoms with van der Waals surface area (Å²) in [5.74, 6) is 0.946. The third-order valence-corrected chi connectivity index (χ3v) is 7.94. The van der Waals surface area contributed by atoms with Crippen LogP contribution >= 0.6 is 0 Å². The SMILES string of the molecule is COc1cc(S(=N)(=O)C2CC2)ccc1Nc1ncc(C)c(-c2c[nH]c3ccccc23)n1. The number of methoxy groups -OCH3 is 1. The van der Waals surface area contributed by atoms with Crippen molar-refractivity contribution in [3.8, 4) is 17.0 Å². The Hall–Kier alpha value is -3.39. The van der Waals surface area contributed by atoms with Crippen molar-refractivity contribution in [2.24, 2.45) is 0 Å². The Bertz CT molecular complexity index is 1390. The van der Waals surface area contributed by atoms with Crippen molar-refractivity contribution < 1.29 is 8.95 Å². The Balaban J connectivity index is 1.50. The predicted molar refractivity (Wildman–Crippen MR) is 122 cm³/mol. The van der Waals surface area contributed by atoms with E-state index >= 15 is 0 Å². The van der Waals surface area contributed by atoms with E-state index in [1.165, 1.54) is 0 Å². The standard InChI is InChI=1S/C23H23N5O2S/c1-14-12-26-23(28-22(14)18-13-25-19-6-4-3-5-17(18)19)27-20-10-9-16(11-21(20)30-2)31(24,29)15-7-8-15/h3-6,9-13,15,24-25H,7-8H2,1-2H3,(H,26,27,28). The summed E-state index contributed by atoms with van der Waals surface area (Å²) in [5, 5.41) is 4.27. The highest BCUT2D eigenvalue weighted by Gasteiger charge is 2.34. The molecule has 1 atom stereocenters. The molecule has 1 aliphatic carbocycles. The summed E-state index contributed by atoms with van der Waals surface area (Å²) in [6, 6.07) is 13.3. The van der Waals surface area contributed by atoms with Gasteiger partial charge in [-0.15, -0.1) is 0 Å². The molecule has 0 spiro atoms. The van der Waals surface area contributed by atoms with Crippen LogP contribution in [0.5, 0.6) is 5.75 Å². The van der Waals surface area contributed by atoms with Gasteiger partial charge in [0.2, 0.25) is 5.95 Å². The first kappa shape index (κ1) is 19.6. The summed E-state index contributed by atoms with van der Waals surface area (Å²) in [5.41, 5.74) is 4.53. The van der Waals surface area contributed by atoms with E-state index in [9.17, 15) is 4.21 Å². The van der Waals surface area contributed by atoms with E-state index in [2.05, 4.69) is 21.4 Å². The van der Waals surface area contributed by atoms with Gasteiger partial charge in [0.25, 0.3) is 0 Å².